The molecule has 0 heterocycles. The Kier molecular flexibility index (Phi) is 5.57. The number of hydrogen-bond donors (Lipinski definition) is 1. The van der Waals surface area contributed by atoms with E-state index in [0.717, 1.165) is 6.17 Å². The fraction of sp³-hybridized carbons (Fsp3) is 0.800. The van der Waals surface area contributed by atoms with Crippen LogP contribution in [0.5, 0.6) is 0 Å². The van der Waals surface area contributed by atoms with E-state index in [-0.39, 0.29) is 11.8 Å². The van der Waals surface area contributed by atoms with Gasteiger partial charge in [0.15, 0.2) is 0 Å². The first-order valence-electron chi connectivity index (χ1n) is 5.21. The molecule has 0 spiro atoms. The van der Waals surface area contributed by atoms with Crippen molar-refractivity contribution in [3.8, 4) is 0 Å². The van der Waals surface area contributed by atoms with Crippen LogP contribution < -0.4 is 5.32 Å². The second-order valence-corrected chi connectivity index (χ2v) is 10.5. The highest BCUT2D eigenvalue weighted by molar-refractivity contribution is 6.76. The normalized spacial score (nSPS) is 11.0. The van der Waals surface area contributed by atoms with Crippen LogP contribution in [-0.2, 0) is 9.59 Å². The summed E-state index contributed by atoms with van der Waals surface area (Å²) in [6.07, 6.45) is 1.19. The molecule has 0 radical (unpaired) electrons. The molecule has 88 valence electrons. The van der Waals surface area contributed by atoms with Crippen LogP contribution in [0, 0.1) is 0 Å². The molecule has 15 heavy (non-hydrogen) atoms. The van der Waals surface area contributed by atoms with E-state index in [1.54, 1.807) is 11.9 Å². The fourth-order valence-corrected chi connectivity index (χ4v) is 1.61. The van der Waals surface area contributed by atoms with Gasteiger partial charge >= 0.3 is 0 Å². The van der Waals surface area contributed by atoms with E-state index in [1.807, 2.05) is 0 Å². The van der Waals surface area contributed by atoms with Crippen LogP contribution >= 0.6 is 0 Å². The zero-order valence-electron chi connectivity index (χ0n) is 10.4. The van der Waals surface area contributed by atoms with Gasteiger partial charge in [0.1, 0.15) is 0 Å². The first kappa shape index (κ1) is 14.2. The van der Waals surface area contributed by atoms with Gasteiger partial charge in [0.05, 0.1) is 8.07 Å². The second kappa shape index (κ2) is 5.90. The van der Waals surface area contributed by atoms with Crippen molar-refractivity contribution in [1.29, 1.82) is 0 Å². The summed E-state index contributed by atoms with van der Waals surface area (Å²) < 4.78 is 0. The minimum Gasteiger partial charge on any atom is -0.359 e. The van der Waals surface area contributed by atoms with E-state index in [1.165, 1.54) is 6.92 Å². The summed E-state index contributed by atoms with van der Waals surface area (Å²) in [7, 11) is 0.492. The monoisotopic (exact) mass is 230 g/mol. The predicted molar refractivity (Wildman–Crippen MR) is 64.3 cm³/mol. The average Bonchev–Trinajstić information content (AvgIpc) is 2.09. The summed E-state index contributed by atoms with van der Waals surface area (Å²) in [5, 5.41) is 2.90. The molecule has 0 aliphatic carbocycles. The quantitative estimate of drug-likeness (QED) is 0.712. The maximum atomic E-state index is 11.4. The standard InChI is InChI=1S/C10H22N2O2Si/c1-9(13)12(2)7-6-10(14)11-8-15(3,4)5/h6-8H2,1-5H3,(H,11,14). The summed E-state index contributed by atoms with van der Waals surface area (Å²) in [6, 6.07) is 0. The third kappa shape index (κ3) is 8.17. The van der Waals surface area contributed by atoms with Gasteiger partial charge in [0, 0.05) is 33.1 Å². The van der Waals surface area contributed by atoms with Crippen LogP contribution in [0.4, 0.5) is 0 Å². The molecular formula is C10H22N2O2Si. The van der Waals surface area contributed by atoms with Crippen molar-refractivity contribution in [2.75, 3.05) is 19.8 Å². The Morgan fingerprint density at radius 1 is 1.27 bits per heavy atom. The lowest BCUT2D eigenvalue weighted by atomic mass is 10.4. The Labute approximate surface area is 93.0 Å². The molecule has 0 aliphatic rings. The Morgan fingerprint density at radius 3 is 2.20 bits per heavy atom. The van der Waals surface area contributed by atoms with Crippen molar-refractivity contribution in [2.45, 2.75) is 33.0 Å². The van der Waals surface area contributed by atoms with Crippen molar-refractivity contribution in [3.63, 3.8) is 0 Å². The number of carbonyl (C=O) groups excluding carboxylic acids is 2. The minimum absolute atomic E-state index is 0.00648. The summed E-state index contributed by atoms with van der Waals surface area (Å²) >= 11 is 0. The molecular weight excluding hydrogens is 208 g/mol. The van der Waals surface area contributed by atoms with Gasteiger partial charge in [0.2, 0.25) is 11.8 Å². The van der Waals surface area contributed by atoms with Gasteiger partial charge in [-0.3, -0.25) is 9.59 Å². The van der Waals surface area contributed by atoms with Gasteiger partial charge in [0.25, 0.3) is 0 Å². The highest BCUT2D eigenvalue weighted by Crippen LogP contribution is 1.97. The lowest BCUT2D eigenvalue weighted by Crippen LogP contribution is -2.40. The maximum absolute atomic E-state index is 11.4. The van der Waals surface area contributed by atoms with Crippen molar-refractivity contribution in [3.05, 3.63) is 0 Å². The Bertz CT molecular complexity index is 236. The smallest absolute Gasteiger partial charge is 0.221 e. The Hall–Kier alpha value is -0.843. The van der Waals surface area contributed by atoms with E-state index >= 15 is 0 Å². The molecule has 0 aromatic carbocycles. The molecule has 0 aromatic rings. The van der Waals surface area contributed by atoms with Crippen molar-refractivity contribution < 1.29 is 9.59 Å². The van der Waals surface area contributed by atoms with Crippen LogP contribution in [0.3, 0.4) is 0 Å². The minimum atomic E-state index is -1.21. The number of amides is 2. The first-order valence-corrected chi connectivity index (χ1v) is 8.91. The molecule has 1 N–H and O–H groups in total. The highest BCUT2D eigenvalue weighted by Gasteiger charge is 2.14. The molecule has 0 saturated heterocycles. The number of nitrogens with one attached hydrogen (secondary N) is 1. The molecule has 0 bridgehead atoms. The Balaban J connectivity index is 3.72. The van der Waals surface area contributed by atoms with E-state index < -0.39 is 8.07 Å². The third-order valence-corrected chi connectivity index (χ3v) is 3.27. The largest absolute Gasteiger partial charge is 0.359 e. The van der Waals surface area contributed by atoms with Crippen LogP contribution in [0.15, 0.2) is 0 Å². The van der Waals surface area contributed by atoms with E-state index in [0.29, 0.717) is 13.0 Å². The number of rotatable bonds is 5. The molecule has 0 atom stereocenters. The predicted octanol–water partition coefficient (Wildman–Crippen LogP) is 0.848. The third-order valence-electron chi connectivity index (χ3n) is 2.03. The van der Waals surface area contributed by atoms with Crippen molar-refractivity contribution in [1.82, 2.24) is 10.2 Å². The average molecular weight is 230 g/mol. The summed E-state index contributed by atoms with van der Waals surface area (Å²) in [6.45, 7) is 8.60. The van der Waals surface area contributed by atoms with Crippen molar-refractivity contribution >= 4 is 19.9 Å². The summed E-state index contributed by atoms with van der Waals surface area (Å²) in [5.74, 6) is 0.0264. The zero-order chi connectivity index (χ0) is 12.1. The van der Waals surface area contributed by atoms with E-state index in [2.05, 4.69) is 25.0 Å². The summed E-state index contributed by atoms with van der Waals surface area (Å²) in [4.78, 5) is 23.8. The molecule has 0 fully saturated rings. The van der Waals surface area contributed by atoms with Gasteiger partial charge in [-0.2, -0.15) is 0 Å². The first-order chi connectivity index (χ1) is 6.72. The molecule has 2 amide bonds. The Morgan fingerprint density at radius 2 is 1.80 bits per heavy atom. The van der Waals surface area contributed by atoms with Crippen LogP contribution in [0.25, 0.3) is 0 Å². The van der Waals surface area contributed by atoms with Gasteiger partial charge < -0.3 is 10.2 Å². The molecule has 0 aromatic heterocycles. The van der Waals surface area contributed by atoms with E-state index in [9.17, 15) is 9.59 Å². The second-order valence-electron chi connectivity index (χ2n) is 5.03. The lowest BCUT2D eigenvalue weighted by Gasteiger charge is -2.18. The molecule has 0 aliphatic heterocycles. The summed E-state index contributed by atoms with van der Waals surface area (Å²) in [5.41, 5.74) is 0. The van der Waals surface area contributed by atoms with Gasteiger partial charge in [-0.25, -0.2) is 0 Å². The number of hydrogen-bond acceptors (Lipinski definition) is 2. The molecule has 4 nitrogen and oxygen atoms in total. The van der Waals surface area contributed by atoms with E-state index in [4.69, 9.17) is 0 Å². The van der Waals surface area contributed by atoms with Gasteiger partial charge in [-0.15, -0.1) is 0 Å². The maximum Gasteiger partial charge on any atom is 0.221 e. The number of carbonyl (C=O) groups is 2. The molecule has 0 unspecified atom stereocenters. The molecule has 0 saturated carbocycles. The molecule has 5 heteroatoms. The van der Waals surface area contributed by atoms with Crippen LogP contribution in [0.1, 0.15) is 13.3 Å². The van der Waals surface area contributed by atoms with Gasteiger partial charge in [-0.1, -0.05) is 19.6 Å². The number of nitrogens with zero attached hydrogens (tertiary/aromatic N) is 1. The SMILES string of the molecule is CC(=O)N(C)CCC(=O)NC[Si](C)(C)C. The fourth-order valence-electron chi connectivity index (χ4n) is 0.879. The zero-order valence-corrected chi connectivity index (χ0v) is 11.4. The van der Waals surface area contributed by atoms with Crippen LogP contribution in [0.2, 0.25) is 19.6 Å². The topological polar surface area (TPSA) is 49.4 Å². The highest BCUT2D eigenvalue weighted by atomic mass is 28.3. The van der Waals surface area contributed by atoms with Crippen LogP contribution in [-0.4, -0.2) is 44.5 Å². The lowest BCUT2D eigenvalue weighted by molar-refractivity contribution is -0.128. The molecule has 0 rings (SSSR count). The van der Waals surface area contributed by atoms with Crippen molar-refractivity contribution in [2.24, 2.45) is 0 Å². The van der Waals surface area contributed by atoms with Gasteiger partial charge in [-0.05, 0) is 0 Å².